The van der Waals surface area contributed by atoms with Gasteiger partial charge in [0.15, 0.2) is 0 Å². The van der Waals surface area contributed by atoms with Gasteiger partial charge in [0.05, 0.1) is 11.8 Å². The van der Waals surface area contributed by atoms with Gasteiger partial charge in [0.25, 0.3) is 0 Å². The second-order valence-electron chi connectivity index (χ2n) is 3.64. The normalized spacial score (nSPS) is 15.4. The van der Waals surface area contributed by atoms with Gasteiger partial charge in [-0.3, -0.25) is 4.68 Å². The van der Waals surface area contributed by atoms with Crippen LogP contribution < -0.4 is 5.73 Å². The molecule has 0 radical (unpaired) electrons. The molecule has 3 N–H and O–H groups in total. The first-order valence-corrected chi connectivity index (χ1v) is 5.09. The van der Waals surface area contributed by atoms with Gasteiger partial charge >= 0.3 is 0 Å². The first-order valence-electron chi connectivity index (χ1n) is 5.09. The molecule has 0 aliphatic carbocycles. The SMILES string of the molecule is CCC(C)n1ccc(CC(O)CN)n1. The largest absolute Gasteiger partial charge is 0.391 e. The third-order valence-electron chi connectivity index (χ3n) is 2.42. The summed E-state index contributed by atoms with van der Waals surface area (Å²) in [5.74, 6) is 0. The molecular weight excluding hydrogens is 178 g/mol. The highest BCUT2D eigenvalue weighted by Gasteiger charge is 2.08. The number of aliphatic hydroxyl groups is 1. The van der Waals surface area contributed by atoms with Gasteiger partial charge in [0.1, 0.15) is 0 Å². The van der Waals surface area contributed by atoms with Crippen LogP contribution in [0.4, 0.5) is 0 Å². The predicted molar refractivity (Wildman–Crippen MR) is 56.0 cm³/mol. The minimum atomic E-state index is -0.477. The Labute approximate surface area is 84.7 Å². The zero-order valence-corrected chi connectivity index (χ0v) is 8.85. The minimum Gasteiger partial charge on any atom is -0.391 e. The molecule has 2 atom stereocenters. The summed E-state index contributed by atoms with van der Waals surface area (Å²) in [6.07, 6.45) is 3.07. The van der Waals surface area contributed by atoms with Crippen molar-refractivity contribution in [3.05, 3.63) is 18.0 Å². The molecule has 1 heterocycles. The number of nitrogens with two attached hydrogens (primary N) is 1. The maximum Gasteiger partial charge on any atom is 0.0718 e. The fraction of sp³-hybridized carbons (Fsp3) is 0.700. The summed E-state index contributed by atoms with van der Waals surface area (Å²) in [4.78, 5) is 0. The average Bonchev–Trinajstić information content (AvgIpc) is 2.65. The molecule has 0 saturated heterocycles. The van der Waals surface area contributed by atoms with Gasteiger partial charge in [-0.2, -0.15) is 5.10 Å². The second kappa shape index (κ2) is 5.12. The second-order valence-corrected chi connectivity index (χ2v) is 3.64. The van der Waals surface area contributed by atoms with Crippen LogP contribution in [0.15, 0.2) is 12.3 Å². The van der Waals surface area contributed by atoms with Crippen molar-refractivity contribution in [1.82, 2.24) is 9.78 Å². The van der Waals surface area contributed by atoms with Crippen molar-refractivity contribution in [3.63, 3.8) is 0 Å². The highest BCUT2D eigenvalue weighted by Crippen LogP contribution is 2.09. The van der Waals surface area contributed by atoms with Crippen LogP contribution >= 0.6 is 0 Å². The molecule has 14 heavy (non-hydrogen) atoms. The predicted octanol–water partition coefficient (Wildman–Crippen LogP) is 0.716. The van der Waals surface area contributed by atoms with Crippen molar-refractivity contribution in [3.8, 4) is 0 Å². The van der Waals surface area contributed by atoms with Gasteiger partial charge in [0.2, 0.25) is 0 Å². The summed E-state index contributed by atoms with van der Waals surface area (Å²) in [6.45, 7) is 4.53. The Hall–Kier alpha value is -0.870. The molecule has 0 amide bonds. The molecule has 2 unspecified atom stereocenters. The van der Waals surface area contributed by atoms with Crippen LogP contribution in [-0.2, 0) is 6.42 Å². The minimum absolute atomic E-state index is 0.288. The molecule has 4 nitrogen and oxygen atoms in total. The van der Waals surface area contributed by atoms with E-state index < -0.39 is 6.10 Å². The van der Waals surface area contributed by atoms with Crippen molar-refractivity contribution < 1.29 is 5.11 Å². The number of hydrogen-bond acceptors (Lipinski definition) is 3. The third kappa shape index (κ3) is 2.82. The topological polar surface area (TPSA) is 64.1 Å². The fourth-order valence-electron chi connectivity index (χ4n) is 1.24. The zero-order chi connectivity index (χ0) is 10.6. The van der Waals surface area contributed by atoms with Gasteiger partial charge < -0.3 is 10.8 Å². The van der Waals surface area contributed by atoms with Gasteiger partial charge in [-0.15, -0.1) is 0 Å². The van der Waals surface area contributed by atoms with Crippen LogP contribution in [0.1, 0.15) is 32.0 Å². The van der Waals surface area contributed by atoms with Crippen molar-refractivity contribution in [2.75, 3.05) is 6.54 Å². The molecule has 0 aliphatic heterocycles. The summed E-state index contributed by atoms with van der Waals surface area (Å²) in [6, 6.07) is 2.35. The van der Waals surface area contributed by atoms with E-state index in [1.165, 1.54) is 0 Å². The van der Waals surface area contributed by atoms with Crippen molar-refractivity contribution in [1.29, 1.82) is 0 Å². The van der Waals surface area contributed by atoms with Crippen LogP contribution in [0, 0.1) is 0 Å². The summed E-state index contributed by atoms with van der Waals surface area (Å²) in [7, 11) is 0. The molecule has 4 heteroatoms. The summed E-state index contributed by atoms with van der Waals surface area (Å²) in [5.41, 5.74) is 6.23. The van der Waals surface area contributed by atoms with E-state index in [0.29, 0.717) is 12.5 Å². The molecule has 0 saturated carbocycles. The number of rotatable bonds is 5. The number of hydrogen-bond donors (Lipinski definition) is 2. The Morgan fingerprint density at radius 1 is 1.64 bits per heavy atom. The molecule has 1 aromatic rings. The molecule has 1 rings (SSSR count). The molecule has 80 valence electrons. The van der Waals surface area contributed by atoms with E-state index in [4.69, 9.17) is 5.73 Å². The maximum atomic E-state index is 9.34. The molecular formula is C10H19N3O. The molecule has 0 spiro atoms. The average molecular weight is 197 g/mol. The highest BCUT2D eigenvalue weighted by molar-refractivity contribution is 5.01. The third-order valence-corrected chi connectivity index (χ3v) is 2.42. The lowest BCUT2D eigenvalue weighted by Gasteiger charge is -2.08. The van der Waals surface area contributed by atoms with Crippen molar-refractivity contribution >= 4 is 0 Å². The number of nitrogens with zero attached hydrogens (tertiary/aromatic N) is 2. The Morgan fingerprint density at radius 2 is 2.36 bits per heavy atom. The Morgan fingerprint density at radius 3 is 2.93 bits per heavy atom. The van der Waals surface area contributed by atoms with E-state index in [1.54, 1.807) is 0 Å². The Balaban J connectivity index is 2.59. The van der Waals surface area contributed by atoms with Crippen molar-refractivity contribution in [2.24, 2.45) is 5.73 Å². The fourth-order valence-corrected chi connectivity index (χ4v) is 1.24. The lowest BCUT2D eigenvalue weighted by atomic mass is 10.2. The van der Waals surface area contributed by atoms with Crippen LogP contribution in [0.5, 0.6) is 0 Å². The molecule has 0 aromatic carbocycles. The Bertz CT molecular complexity index is 272. The van der Waals surface area contributed by atoms with E-state index in [1.807, 2.05) is 16.9 Å². The van der Waals surface area contributed by atoms with E-state index in [-0.39, 0.29) is 6.54 Å². The van der Waals surface area contributed by atoms with E-state index in [0.717, 1.165) is 12.1 Å². The van der Waals surface area contributed by atoms with Gasteiger partial charge in [-0.25, -0.2) is 0 Å². The molecule has 0 fully saturated rings. The quantitative estimate of drug-likeness (QED) is 0.731. The van der Waals surface area contributed by atoms with Gasteiger partial charge in [0, 0.05) is 25.2 Å². The first-order chi connectivity index (χ1) is 6.67. The van der Waals surface area contributed by atoms with E-state index in [9.17, 15) is 5.11 Å². The van der Waals surface area contributed by atoms with E-state index in [2.05, 4.69) is 18.9 Å². The Kier molecular flexibility index (Phi) is 4.10. The lowest BCUT2D eigenvalue weighted by Crippen LogP contribution is -2.22. The first kappa shape index (κ1) is 11.2. The maximum absolute atomic E-state index is 9.34. The van der Waals surface area contributed by atoms with Crippen molar-refractivity contribution in [2.45, 2.75) is 38.8 Å². The highest BCUT2D eigenvalue weighted by atomic mass is 16.3. The van der Waals surface area contributed by atoms with Crippen LogP contribution in [0.2, 0.25) is 0 Å². The van der Waals surface area contributed by atoms with Gasteiger partial charge in [-0.05, 0) is 19.4 Å². The van der Waals surface area contributed by atoms with Crippen LogP contribution in [-0.4, -0.2) is 27.5 Å². The summed E-state index contributed by atoms with van der Waals surface area (Å²) in [5, 5.41) is 13.7. The van der Waals surface area contributed by atoms with E-state index >= 15 is 0 Å². The smallest absolute Gasteiger partial charge is 0.0718 e. The standard InChI is InChI=1S/C10H19N3O/c1-3-8(2)13-5-4-9(12-13)6-10(14)7-11/h4-5,8,10,14H,3,6-7,11H2,1-2H3. The van der Waals surface area contributed by atoms with Gasteiger partial charge in [-0.1, -0.05) is 6.92 Å². The zero-order valence-electron chi connectivity index (χ0n) is 8.85. The van der Waals surface area contributed by atoms with Crippen LogP contribution in [0.3, 0.4) is 0 Å². The molecule has 0 bridgehead atoms. The summed E-state index contributed by atoms with van der Waals surface area (Å²) < 4.78 is 1.93. The molecule has 1 aromatic heterocycles. The van der Waals surface area contributed by atoms with Crippen LogP contribution in [0.25, 0.3) is 0 Å². The lowest BCUT2D eigenvalue weighted by molar-refractivity contribution is 0.182. The number of aliphatic hydroxyl groups excluding tert-OH is 1. The summed E-state index contributed by atoms with van der Waals surface area (Å²) >= 11 is 0. The number of aromatic nitrogens is 2. The monoisotopic (exact) mass is 197 g/mol. The molecule has 0 aliphatic rings.